The summed E-state index contributed by atoms with van der Waals surface area (Å²) in [5.74, 6) is 0.918. The molecule has 0 fully saturated rings. The third-order valence-electron chi connectivity index (χ3n) is 1.93. The summed E-state index contributed by atoms with van der Waals surface area (Å²) in [6, 6.07) is 2.07. The van der Waals surface area contributed by atoms with Crippen molar-refractivity contribution in [3.8, 4) is 6.07 Å². The van der Waals surface area contributed by atoms with Gasteiger partial charge in [-0.05, 0) is 20.3 Å². The third-order valence-corrected chi connectivity index (χ3v) is 1.93. The molecule has 0 aliphatic rings. The molecule has 1 atom stereocenters. The van der Waals surface area contributed by atoms with Crippen molar-refractivity contribution in [2.45, 2.75) is 33.2 Å². The van der Waals surface area contributed by atoms with Crippen molar-refractivity contribution < 1.29 is 0 Å². The number of aryl methyl sites for hydroxylation is 2. The highest BCUT2D eigenvalue weighted by Gasteiger charge is 2.07. The molecule has 3 heteroatoms. The van der Waals surface area contributed by atoms with Crippen LogP contribution in [0, 0.1) is 18.3 Å². The van der Waals surface area contributed by atoms with Crippen LogP contribution in [0.25, 0.3) is 0 Å². The Morgan fingerprint density at radius 3 is 2.83 bits per heavy atom. The smallest absolute Gasteiger partial charge is 0.119 e. The van der Waals surface area contributed by atoms with Gasteiger partial charge in [0.2, 0.25) is 0 Å². The molecule has 12 heavy (non-hydrogen) atoms. The maximum absolute atomic E-state index is 8.70. The fourth-order valence-corrected chi connectivity index (χ4v) is 1.17. The van der Waals surface area contributed by atoms with Crippen molar-refractivity contribution in [2.75, 3.05) is 0 Å². The number of hydrogen-bond donors (Lipinski definition) is 0. The van der Waals surface area contributed by atoms with Gasteiger partial charge in [0, 0.05) is 6.20 Å². The van der Waals surface area contributed by atoms with Gasteiger partial charge in [-0.15, -0.1) is 0 Å². The van der Waals surface area contributed by atoms with Crippen LogP contribution in [0.1, 0.15) is 31.4 Å². The van der Waals surface area contributed by atoms with Gasteiger partial charge < -0.3 is 4.57 Å². The zero-order chi connectivity index (χ0) is 9.14. The SMILES string of the molecule is CCc1cn(C(C)C#N)c(C)n1. The lowest BCUT2D eigenvalue weighted by atomic mass is 10.3. The second-order valence-corrected chi connectivity index (χ2v) is 2.85. The molecule has 0 aliphatic carbocycles. The van der Waals surface area contributed by atoms with E-state index in [0.717, 1.165) is 17.9 Å². The average molecular weight is 163 g/mol. The fraction of sp³-hybridized carbons (Fsp3) is 0.556. The molecule has 0 aromatic carbocycles. The van der Waals surface area contributed by atoms with Crippen molar-refractivity contribution >= 4 is 0 Å². The fourth-order valence-electron chi connectivity index (χ4n) is 1.17. The van der Waals surface area contributed by atoms with Crippen molar-refractivity contribution in [3.63, 3.8) is 0 Å². The highest BCUT2D eigenvalue weighted by atomic mass is 15.1. The van der Waals surface area contributed by atoms with E-state index in [1.807, 2.05) is 24.6 Å². The van der Waals surface area contributed by atoms with E-state index in [0.29, 0.717) is 0 Å². The van der Waals surface area contributed by atoms with Gasteiger partial charge in [-0.1, -0.05) is 6.92 Å². The Labute approximate surface area is 72.7 Å². The Bertz CT molecular complexity index is 306. The average Bonchev–Trinajstić information content (AvgIpc) is 2.45. The van der Waals surface area contributed by atoms with Gasteiger partial charge in [-0.2, -0.15) is 5.26 Å². The zero-order valence-corrected chi connectivity index (χ0v) is 7.70. The summed E-state index contributed by atoms with van der Waals surface area (Å²) in [6.45, 7) is 5.85. The van der Waals surface area contributed by atoms with E-state index in [2.05, 4.69) is 18.0 Å². The largest absolute Gasteiger partial charge is 0.319 e. The van der Waals surface area contributed by atoms with Gasteiger partial charge in [-0.3, -0.25) is 0 Å². The molecular formula is C9H13N3. The molecule has 0 saturated heterocycles. The maximum Gasteiger partial charge on any atom is 0.119 e. The monoisotopic (exact) mass is 163 g/mol. The lowest BCUT2D eigenvalue weighted by molar-refractivity contribution is 0.650. The molecule has 1 rings (SSSR count). The first-order valence-electron chi connectivity index (χ1n) is 4.13. The predicted octanol–water partition coefficient (Wildman–Crippen LogP) is 1.84. The summed E-state index contributed by atoms with van der Waals surface area (Å²) in [6.07, 6.45) is 2.87. The van der Waals surface area contributed by atoms with Crippen molar-refractivity contribution in [3.05, 3.63) is 17.7 Å². The van der Waals surface area contributed by atoms with Crippen molar-refractivity contribution in [1.29, 1.82) is 5.26 Å². The third kappa shape index (κ3) is 1.48. The Hall–Kier alpha value is -1.30. The summed E-state index contributed by atoms with van der Waals surface area (Å²) in [7, 11) is 0. The van der Waals surface area contributed by atoms with Crippen molar-refractivity contribution in [2.24, 2.45) is 0 Å². The van der Waals surface area contributed by atoms with Crippen LogP contribution in [0.3, 0.4) is 0 Å². The molecule has 1 aromatic rings. The Morgan fingerprint density at radius 1 is 1.75 bits per heavy atom. The molecule has 64 valence electrons. The molecular weight excluding hydrogens is 150 g/mol. The van der Waals surface area contributed by atoms with Crippen LogP contribution < -0.4 is 0 Å². The molecule has 0 amide bonds. The van der Waals surface area contributed by atoms with E-state index >= 15 is 0 Å². The standard InChI is InChI=1S/C9H13N3/c1-4-9-6-12(7(2)5-10)8(3)11-9/h6-7H,4H2,1-3H3. The van der Waals surface area contributed by atoms with E-state index in [1.165, 1.54) is 0 Å². The molecule has 0 N–H and O–H groups in total. The highest BCUT2D eigenvalue weighted by molar-refractivity contribution is 5.06. The highest BCUT2D eigenvalue weighted by Crippen LogP contribution is 2.10. The first kappa shape index (κ1) is 8.79. The molecule has 1 unspecified atom stereocenters. The maximum atomic E-state index is 8.70. The summed E-state index contributed by atoms with van der Waals surface area (Å²) in [5.41, 5.74) is 1.05. The molecule has 1 heterocycles. The first-order chi connectivity index (χ1) is 5.69. The topological polar surface area (TPSA) is 41.6 Å². The minimum Gasteiger partial charge on any atom is -0.319 e. The second kappa shape index (κ2) is 3.40. The van der Waals surface area contributed by atoms with Gasteiger partial charge in [0.15, 0.2) is 0 Å². The normalized spacial score (nSPS) is 12.5. The van der Waals surface area contributed by atoms with Gasteiger partial charge in [0.05, 0.1) is 11.8 Å². The Balaban J connectivity index is 3.01. The van der Waals surface area contributed by atoms with Gasteiger partial charge >= 0.3 is 0 Å². The van der Waals surface area contributed by atoms with E-state index in [1.54, 1.807) is 0 Å². The van der Waals surface area contributed by atoms with E-state index in [-0.39, 0.29) is 6.04 Å². The van der Waals surface area contributed by atoms with Crippen LogP contribution in [0.15, 0.2) is 6.20 Å². The van der Waals surface area contributed by atoms with Crippen LogP contribution in [0.2, 0.25) is 0 Å². The van der Waals surface area contributed by atoms with E-state index in [9.17, 15) is 0 Å². The molecule has 0 aliphatic heterocycles. The van der Waals surface area contributed by atoms with Gasteiger partial charge in [-0.25, -0.2) is 4.98 Å². The molecule has 1 aromatic heterocycles. The number of imidazole rings is 1. The van der Waals surface area contributed by atoms with Crippen LogP contribution >= 0.6 is 0 Å². The van der Waals surface area contributed by atoms with Crippen molar-refractivity contribution in [1.82, 2.24) is 9.55 Å². The Kier molecular flexibility index (Phi) is 2.49. The van der Waals surface area contributed by atoms with Gasteiger partial charge in [0.1, 0.15) is 11.9 Å². The molecule has 0 bridgehead atoms. The summed E-state index contributed by atoms with van der Waals surface area (Å²) in [5, 5.41) is 8.70. The lowest BCUT2D eigenvalue weighted by Gasteiger charge is -2.04. The second-order valence-electron chi connectivity index (χ2n) is 2.85. The summed E-state index contributed by atoms with van der Waals surface area (Å²) < 4.78 is 1.90. The number of rotatable bonds is 2. The molecule has 0 saturated carbocycles. The van der Waals surface area contributed by atoms with Gasteiger partial charge in [0.25, 0.3) is 0 Å². The molecule has 0 radical (unpaired) electrons. The first-order valence-corrected chi connectivity index (χ1v) is 4.13. The molecule has 3 nitrogen and oxygen atoms in total. The number of nitriles is 1. The van der Waals surface area contributed by atoms with Crippen LogP contribution in [-0.4, -0.2) is 9.55 Å². The zero-order valence-electron chi connectivity index (χ0n) is 7.70. The number of aromatic nitrogens is 2. The Morgan fingerprint density at radius 2 is 2.42 bits per heavy atom. The predicted molar refractivity (Wildman–Crippen MR) is 46.7 cm³/mol. The van der Waals surface area contributed by atoms with E-state index < -0.39 is 0 Å². The quantitative estimate of drug-likeness (QED) is 0.667. The van der Waals surface area contributed by atoms with Crippen LogP contribution in [-0.2, 0) is 6.42 Å². The minimum atomic E-state index is -0.113. The minimum absolute atomic E-state index is 0.113. The molecule has 0 spiro atoms. The van der Waals surface area contributed by atoms with Crippen LogP contribution in [0.4, 0.5) is 0 Å². The van der Waals surface area contributed by atoms with E-state index in [4.69, 9.17) is 5.26 Å². The number of nitrogens with zero attached hydrogens (tertiary/aromatic N) is 3. The lowest BCUT2D eigenvalue weighted by Crippen LogP contribution is -2.02. The number of hydrogen-bond acceptors (Lipinski definition) is 2. The summed E-state index contributed by atoms with van der Waals surface area (Å²) >= 11 is 0. The van der Waals surface area contributed by atoms with Crippen LogP contribution in [0.5, 0.6) is 0 Å². The summed E-state index contributed by atoms with van der Waals surface area (Å²) in [4.78, 5) is 4.31.